The van der Waals surface area contributed by atoms with Gasteiger partial charge in [-0.25, -0.2) is 0 Å². The summed E-state index contributed by atoms with van der Waals surface area (Å²) < 4.78 is 5.33. The summed E-state index contributed by atoms with van der Waals surface area (Å²) in [5.74, 6) is 0.820. The van der Waals surface area contributed by atoms with Crippen molar-refractivity contribution in [3.63, 3.8) is 0 Å². The fourth-order valence-electron chi connectivity index (χ4n) is 2.32. The minimum Gasteiger partial charge on any atom is -0.380 e. The smallest absolute Gasteiger partial charge is 0.0670 e. The van der Waals surface area contributed by atoms with Gasteiger partial charge >= 0.3 is 0 Å². The van der Waals surface area contributed by atoms with Crippen molar-refractivity contribution in [3.8, 4) is 0 Å². The minimum atomic E-state index is 0.358. The van der Waals surface area contributed by atoms with Crippen LogP contribution in [0.1, 0.15) is 33.6 Å². The first-order valence-electron chi connectivity index (χ1n) is 6.60. The van der Waals surface area contributed by atoms with Crippen LogP contribution < -0.4 is 5.32 Å². The average Bonchev–Trinajstić information content (AvgIpc) is 2.26. The Morgan fingerprint density at radius 1 is 1.38 bits per heavy atom. The highest BCUT2D eigenvalue weighted by Gasteiger charge is 2.20. The third-order valence-corrected chi connectivity index (χ3v) is 3.34. The number of hydrogen-bond acceptors (Lipinski definition) is 3. The third kappa shape index (κ3) is 5.28. The highest BCUT2D eigenvalue weighted by Crippen LogP contribution is 2.16. The number of hydrogen-bond donors (Lipinski definition) is 1. The lowest BCUT2D eigenvalue weighted by Crippen LogP contribution is -2.43. The maximum absolute atomic E-state index is 5.33. The number of likely N-dealkylation sites (tertiary alicyclic amines) is 1. The highest BCUT2D eigenvalue weighted by atomic mass is 16.5. The largest absolute Gasteiger partial charge is 0.380 e. The van der Waals surface area contributed by atoms with E-state index in [4.69, 9.17) is 4.74 Å². The monoisotopic (exact) mass is 228 g/mol. The molecule has 1 aliphatic heterocycles. The molecule has 2 unspecified atom stereocenters. The van der Waals surface area contributed by atoms with E-state index in [-0.39, 0.29) is 0 Å². The van der Waals surface area contributed by atoms with Crippen LogP contribution in [0.5, 0.6) is 0 Å². The molecule has 3 heteroatoms. The van der Waals surface area contributed by atoms with Crippen LogP contribution in [0.3, 0.4) is 0 Å². The summed E-state index contributed by atoms with van der Waals surface area (Å²) in [4.78, 5) is 2.55. The van der Waals surface area contributed by atoms with Crippen molar-refractivity contribution in [3.05, 3.63) is 0 Å². The van der Waals surface area contributed by atoms with Crippen LogP contribution in [-0.2, 0) is 4.74 Å². The molecule has 1 rings (SSSR count). The summed E-state index contributed by atoms with van der Waals surface area (Å²) in [5.41, 5.74) is 0. The highest BCUT2D eigenvalue weighted by molar-refractivity contribution is 4.76. The van der Waals surface area contributed by atoms with Gasteiger partial charge in [-0.3, -0.25) is 0 Å². The topological polar surface area (TPSA) is 24.5 Å². The molecular weight excluding hydrogens is 200 g/mol. The third-order valence-electron chi connectivity index (χ3n) is 3.34. The van der Waals surface area contributed by atoms with Gasteiger partial charge in [0.2, 0.25) is 0 Å². The first kappa shape index (κ1) is 13.9. The van der Waals surface area contributed by atoms with Gasteiger partial charge in [-0.15, -0.1) is 0 Å². The Kier molecular flexibility index (Phi) is 6.32. The second-order valence-corrected chi connectivity index (χ2v) is 5.38. The summed E-state index contributed by atoms with van der Waals surface area (Å²) >= 11 is 0. The van der Waals surface area contributed by atoms with E-state index < -0.39 is 0 Å². The Bertz CT molecular complexity index is 185. The predicted octanol–water partition coefficient (Wildman–Crippen LogP) is 1.73. The molecule has 2 atom stereocenters. The zero-order valence-corrected chi connectivity index (χ0v) is 11.3. The van der Waals surface area contributed by atoms with Gasteiger partial charge in [0, 0.05) is 26.2 Å². The number of rotatable bonds is 6. The molecule has 0 aromatic heterocycles. The molecule has 0 saturated carbocycles. The van der Waals surface area contributed by atoms with E-state index in [2.05, 4.69) is 31.0 Å². The lowest BCUT2D eigenvalue weighted by atomic mass is 9.97. The van der Waals surface area contributed by atoms with E-state index in [9.17, 15) is 0 Å². The zero-order valence-electron chi connectivity index (χ0n) is 11.3. The van der Waals surface area contributed by atoms with E-state index in [1.807, 2.05) is 0 Å². The summed E-state index contributed by atoms with van der Waals surface area (Å²) in [6, 6.07) is 0.605. The molecule has 0 bridgehead atoms. The Balaban J connectivity index is 2.24. The van der Waals surface area contributed by atoms with Crippen LogP contribution in [0.25, 0.3) is 0 Å². The Morgan fingerprint density at radius 2 is 2.12 bits per heavy atom. The van der Waals surface area contributed by atoms with Crippen molar-refractivity contribution in [2.75, 3.05) is 33.3 Å². The fourth-order valence-corrected chi connectivity index (χ4v) is 2.32. The van der Waals surface area contributed by atoms with Crippen molar-refractivity contribution < 1.29 is 4.74 Å². The van der Waals surface area contributed by atoms with Crippen LogP contribution in [0, 0.1) is 5.92 Å². The van der Waals surface area contributed by atoms with Crippen LogP contribution >= 0.6 is 0 Å². The van der Waals surface area contributed by atoms with Gasteiger partial charge in [-0.1, -0.05) is 13.8 Å². The molecule has 0 aliphatic carbocycles. The Labute approximate surface area is 101 Å². The van der Waals surface area contributed by atoms with Crippen LogP contribution in [0.2, 0.25) is 0 Å². The van der Waals surface area contributed by atoms with Gasteiger partial charge in [-0.05, 0) is 38.8 Å². The maximum Gasteiger partial charge on any atom is 0.0670 e. The molecule has 1 fully saturated rings. The van der Waals surface area contributed by atoms with Gasteiger partial charge in [-0.2, -0.15) is 0 Å². The predicted molar refractivity (Wildman–Crippen MR) is 68.8 cm³/mol. The molecular formula is C13H28N2O. The second kappa shape index (κ2) is 7.25. The fraction of sp³-hybridized carbons (Fsp3) is 1.00. The molecule has 0 amide bonds. The van der Waals surface area contributed by atoms with E-state index in [0.717, 1.165) is 19.0 Å². The molecule has 1 aliphatic rings. The summed E-state index contributed by atoms with van der Waals surface area (Å²) in [6.45, 7) is 11.3. The summed E-state index contributed by atoms with van der Waals surface area (Å²) in [6.07, 6.45) is 3.06. The van der Waals surface area contributed by atoms with E-state index in [1.165, 1.54) is 25.9 Å². The SMILES string of the molecule is COC(C)CN1CCCC(CNC(C)C)C1. The number of nitrogens with zero attached hydrogens (tertiary/aromatic N) is 1. The second-order valence-electron chi connectivity index (χ2n) is 5.38. The quantitative estimate of drug-likeness (QED) is 0.749. The van der Waals surface area contributed by atoms with E-state index in [0.29, 0.717) is 12.1 Å². The standard InChI is InChI=1S/C13H28N2O/c1-11(2)14-8-13-6-5-7-15(10-13)9-12(3)16-4/h11-14H,5-10H2,1-4H3. The lowest BCUT2D eigenvalue weighted by molar-refractivity contribution is 0.0590. The van der Waals surface area contributed by atoms with Crippen molar-refractivity contribution in [1.29, 1.82) is 0 Å². The first-order chi connectivity index (χ1) is 7.61. The van der Waals surface area contributed by atoms with Gasteiger partial charge < -0.3 is 15.0 Å². The molecule has 1 saturated heterocycles. The molecule has 0 spiro atoms. The van der Waals surface area contributed by atoms with E-state index in [1.54, 1.807) is 7.11 Å². The molecule has 96 valence electrons. The number of ether oxygens (including phenoxy) is 1. The molecule has 16 heavy (non-hydrogen) atoms. The first-order valence-corrected chi connectivity index (χ1v) is 6.60. The van der Waals surface area contributed by atoms with Gasteiger partial charge in [0.05, 0.1) is 6.10 Å². The zero-order chi connectivity index (χ0) is 12.0. The van der Waals surface area contributed by atoms with Crippen molar-refractivity contribution in [2.24, 2.45) is 5.92 Å². The molecule has 0 radical (unpaired) electrons. The molecule has 1 N–H and O–H groups in total. The Hall–Kier alpha value is -0.120. The Morgan fingerprint density at radius 3 is 2.75 bits per heavy atom. The normalized spacial score (nSPS) is 24.9. The van der Waals surface area contributed by atoms with Gasteiger partial charge in [0.25, 0.3) is 0 Å². The van der Waals surface area contributed by atoms with Crippen LogP contribution in [0.15, 0.2) is 0 Å². The number of methoxy groups -OCH3 is 1. The minimum absolute atomic E-state index is 0.358. The molecule has 1 heterocycles. The molecule has 0 aromatic carbocycles. The van der Waals surface area contributed by atoms with Gasteiger partial charge in [0.15, 0.2) is 0 Å². The maximum atomic E-state index is 5.33. The van der Waals surface area contributed by atoms with Gasteiger partial charge in [0.1, 0.15) is 0 Å². The van der Waals surface area contributed by atoms with Crippen molar-refractivity contribution >= 4 is 0 Å². The van der Waals surface area contributed by atoms with Crippen molar-refractivity contribution in [2.45, 2.75) is 45.8 Å². The summed E-state index contributed by atoms with van der Waals surface area (Å²) in [7, 11) is 1.80. The average molecular weight is 228 g/mol. The molecule has 3 nitrogen and oxygen atoms in total. The van der Waals surface area contributed by atoms with Crippen LogP contribution in [0.4, 0.5) is 0 Å². The number of piperidine rings is 1. The molecule has 0 aromatic rings. The van der Waals surface area contributed by atoms with Crippen LogP contribution in [-0.4, -0.2) is 50.3 Å². The lowest BCUT2D eigenvalue weighted by Gasteiger charge is -2.34. The summed E-state index contributed by atoms with van der Waals surface area (Å²) in [5, 5.41) is 3.55. The van der Waals surface area contributed by atoms with E-state index >= 15 is 0 Å². The number of nitrogens with one attached hydrogen (secondary N) is 1. The van der Waals surface area contributed by atoms with Crippen molar-refractivity contribution in [1.82, 2.24) is 10.2 Å².